The number of aromatic nitrogens is 1. The van der Waals surface area contributed by atoms with E-state index in [1.807, 2.05) is 27.7 Å². The number of hydrogen-bond acceptors (Lipinski definition) is 5. The van der Waals surface area contributed by atoms with Crippen LogP contribution in [0.2, 0.25) is 0 Å². The average Bonchev–Trinajstić information content (AvgIpc) is 2.36. The summed E-state index contributed by atoms with van der Waals surface area (Å²) in [6.45, 7) is 7.07. The summed E-state index contributed by atoms with van der Waals surface area (Å²) in [4.78, 5) is 16.3. The Hall–Kier alpha value is -1.67. The fraction of sp³-hybridized carbons (Fsp3) is 0.571. The molecule has 0 saturated carbocycles. The summed E-state index contributed by atoms with van der Waals surface area (Å²) in [5, 5.41) is 8.75. The van der Waals surface area contributed by atoms with Gasteiger partial charge in [-0.25, -0.2) is 13.4 Å². The van der Waals surface area contributed by atoms with Crippen LogP contribution in [-0.4, -0.2) is 54.5 Å². The van der Waals surface area contributed by atoms with Crippen molar-refractivity contribution in [3.8, 4) is 0 Å². The molecular formula is C14H23N3O4S. The number of carboxylic acid groups (broad SMARTS) is 1. The van der Waals surface area contributed by atoms with Gasteiger partial charge in [0, 0.05) is 25.3 Å². The molecule has 1 rings (SSSR count). The van der Waals surface area contributed by atoms with Crippen molar-refractivity contribution >= 4 is 21.8 Å². The van der Waals surface area contributed by atoms with Crippen LogP contribution < -0.4 is 4.90 Å². The molecule has 0 amide bonds. The van der Waals surface area contributed by atoms with Gasteiger partial charge in [-0.1, -0.05) is 0 Å². The van der Waals surface area contributed by atoms with Gasteiger partial charge in [-0.15, -0.1) is 0 Å². The predicted octanol–water partition coefficient (Wildman–Crippen LogP) is 1.41. The molecular weight excluding hydrogens is 306 g/mol. The van der Waals surface area contributed by atoms with E-state index in [2.05, 4.69) is 4.98 Å². The molecule has 1 N–H and O–H groups in total. The maximum atomic E-state index is 12.7. The van der Waals surface area contributed by atoms with E-state index >= 15 is 0 Å². The summed E-state index contributed by atoms with van der Waals surface area (Å²) in [5.74, 6) is -0.575. The molecule has 0 aliphatic heterocycles. The van der Waals surface area contributed by atoms with Crippen molar-refractivity contribution in [1.82, 2.24) is 9.29 Å². The highest BCUT2D eigenvalue weighted by molar-refractivity contribution is 7.89. The van der Waals surface area contributed by atoms with Gasteiger partial charge in [0.1, 0.15) is 17.3 Å². The summed E-state index contributed by atoms with van der Waals surface area (Å²) >= 11 is 0. The number of aliphatic carboxylic acids is 1. The lowest BCUT2D eigenvalue weighted by atomic mass is 10.3. The first-order valence-corrected chi connectivity index (χ1v) is 8.44. The summed E-state index contributed by atoms with van der Waals surface area (Å²) in [7, 11) is -2.05. The highest BCUT2D eigenvalue weighted by Crippen LogP contribution is 2.21. The normalized spacial score (nSPS) is 12.2. The van der Waals surface area contributed by atoms with E-state index in [1.165, 1.54) is 27.5 Å². The van der Waals surface area contributed by atoms with E-state index in [9.17, 15) is 13.2 Å². The molecule has 0 aliphatic carbocycles. The van der Waals surface area contributed by atoms with Crippen molar-refractivity contribution < 1.29 is 18.3 Å². The zero-order valence-corrected chi connectivity index (χ0v) is 14.3. The second-order valence-corrected chi connectivity index (χ2v) is 7.47. The minimum atomic E-state index is -3.63. The SMILES string of the molecule is CC(C)N(C(C)C)S(=O)(=O)c1ccc(N(C)CC(=O)O)nc1. The third kappa shape index (κ3) is 4.17. The average molecular weight is 329 g/mol. The lowest BCUT2D eigenvalue weighted by Crippen LogP contribution is -2.42. The Morgan fingerprint density at radius 3 is 2.14 bits per heavy atom. The Labute approximate surface area is 131 Å². The number of sulfonamides is 1. The molecule has 0 radical (unpaired) electrons. The van der Waals surface area contributed by atoms with Crippen molar-refractivity contribution in [2.75, 3.05) is 18.5 Å². The van der Waals surface area contributed by atoms with Crippen molar-refractivity contribution in [1.29, 1.82) is 0 Å². The van der Waals surface area contributed by atoms with Gasteiger partial charge in [0.2, 0.25) is 10.0 Å². The lowest BCUT2D eigenvalue weighted by molar-refractivity contribution is -0.135. The van der Waals surface area contributed by atoms with Gasteiger partial charge >= 0.3 is 5.97 Å². The number of anilines is 1. The molecule has 0 saturated heterocycles. The quantitative estimate of drug-likeness (QED) is 0.813. The topological polar surface area (TPSA) is 90.8 Å². The van der Waals surface area contributed by atoms with Crippen molar-refractivity contribution in [2.24, 2.45) is 0 Å². The monoisotopic (exact) mass is 329 g/mol. The standard InChI is InChI=1S/C14H23N3O4S/c1-10(2)17(11(3)4)22(20,21)12-6-7-13(15-8-12)16(5)9-14(18)19/h6-8,10-11H,9H2,1-5H3,(H,18,19). The molecule has 8 heteroatoms. The summed E-state index contributed by atoms with van der Waals surface area (Å²) < 4.78 is 26.7. The number of rotatable bonds is 7. The molecule has 1 heterocycles. The number of carbonyl (C=O) groups is 1. The third-order valence-corrected chi connectivity index (χ3v) is 5.31. The summed E-state index contributed by atoms with van der Waals surface area (Å²) in [5.41, 5.74) is 0. The van der Waals surface area contributed by atoms with Crippen molar-refractivity contribution in [2.45, 2.75) is 44.7 Å². The fourth-order valence-corrected chi connectivity index (χ4v) is 4.09. The Kier molecular flexibility index (Phi) is 5.90. The second-order valence-electron chi connectivity index (χ2n) is 5.62. The number of carboxylic acids is 1. The molecule has 0 atom stereocenters. The van der Waals surface area contributed by atoms with E-state index in [0.717, 1.165) is 0 Å². The van der Waals surface area contributed by atoms with Crippen LogP contribution >= 0.6 is 0 Å². The molecule has 0 aliphatic rings. The van der Waals surface area contributed by atoms with Crippen LogP contribution in [0.25, 0.3) is 0 Å². The van der Waals surface area contributed by atoms with Gasteiger partial charge in [-0.2, -0.15) is 4.31 Å². The first-order chi connectivity index (χ1) is 10.1. The minimum absolute atomic E-state index is 0.0994. The van der Waals surface area contributed by atoms with Gasteiger partial charge in [0.25, 0.3) is 0 Å². The molecule has 22 heavy (non-hydrogen) atoms. The molecule has 7 nitrogen and oxygen atoms in total. The van der Waals surface area contributed by atoms with Crippen molar-refractivity contribution in [3.05, 3.63) is 18.3 Å². The highest BCUT2D eigenvalue weighted by atomic mass is 32.2. The number of likely N-dealkylation sites (N-methyl/N-ethyl adjacent to an activating group) is 1. The minimum Gasteiger partial charge on any atom is -0.480 e. The first-order valence-electron chi connectivity index (χ1n) is 7.00. The van der Waals surface area contributed by atoms with E-state index in [-0.39, 0.29) is 23.5 Å². The summed E-state index contributed by atoms with van der Waals surface area (Å²) in [6.07, 6.45) is 1.26. The maximum Gasteiger partial charge on any atom is 0.323 e. The van der Waals surface area contributed by atoms with Gasteiger partial charge in [-0.05, 0) is 39.8 Å². The summed E-state index contributed by atoms with van der Waals surface area (Å²) in [6, 6.07) is 2.63. The van der Waals surface area contributed by atoms with Crippen LogP contribution in [0, 0.1) is 0 Å². The number of pyridine rings is 1. The van der Waals surface area contributed by atoms with E-state index in [1.54, 1.807) is 7.05 Å². The first kappa shape index (κ1) is 18.4. The zero-order chi connectivity index (χ0) is 17.1. The third-order valence-electron chi connectivity index (χ3n) is 3.08. The molecule has 0 unspecified atom stereocenters. The smallest absolute Gasteiger partial charge is 0.323 e. The fourth-order valence-electron chi connectivity index (χ4n) is 2.31. The molecule has 1 aromatic heterocycles. The molecule has 0 fully saturated rings. The van der Waals surface area contributed by atoms with Gasteiger partial charge in [0.15, 0.2) is 0 Å². The lowest BCUT2D eigenvalue weighted by Gasteiger charge is -2.29. The number of hydrogen-bond donors (Lipinski definition) is 1. The largest absolute Gasteiger partial charge is 0.480 e. The maximum absolute atomic E-state index is 12.7. The molecule has 0 aromatic carbocycles. The molecule has 124 valence electrons. The van der Waals surface area contributed by atoms with Crippen LogP contribution in [0.4, 0.5) is 5.82 Å². The van der Waals surface area contributed by atoms with E-state index < -0.39 is 16.0 Å². The van der Waals surface area contributed by atoms with Crippen LogP contribution in [0.1, 0.15) is 27.7 Å². The Bertz CT molecular complexity index is 603. The highest BCUT2D eigenvalue weighted by Gasteiger charge is 2.29. The van der Waals surface area contributed by atoms with Gasteiger partial charge in [0.05, 0.1) is 0 Å². The molecule has 1 aromatic rings. The van der Waals surface area contributed by atoms with Crippen LogP contribution in [0.5, 0.6) is 0 Å². The van der Waals surface area contributed by atoms with Crippen LogP contribution in [0.3, 0.4) is 0 Å². The Morgan fingerprint density at radius 2 is 1.77 bits per heavy atom. The molecule has 0 bridgehead atoms. The second kappa shape index (κ2) is 7.06. The Morgan fingerprint density at radius 1 is 1.23 bits per heavy atom. The van der Waals surface area contributed by atoms with Crippen molar-refractivity contribution in [3.63, 3.8) is 0 Å². The van der Waals surface area contributed by atoms with E-state index in [0.29, 0.717) is 5.82 Å². The van der Waals surface area contributed by atoms with E-state index in [4.69, 9.17) is 5.11 Å². The van der Waals surface area contributed by atoms with Gasteiger partial charge in [-0.3, -0.25) is 4.79 Å². The predicted molar refractivity (Wildman–Crippen MR) is 84.4 cm³/mol. The van der Waals surface area contributed by atoms with Crippen LogP contribution in [-0.2, 0) is 14.8 Å². The van der Waals surface area contributed by atoms with Crippen LogP contribution in [0.15, 0.2) is 23.2 Å². The van der Waals surface area contributed by atoms with Gasteiger partial charge < -0.3 is 10.0 Å². The zero-order valence-electron chi connectivity index (χ0n) is 13.5. The molecule has 0 spiro atoms. The Balaban J connectivity index is 3.10. The number of nitrogens with zero attached hydrogens (tertiary/aromatic N) is 3.